The molecule has 0 aliphatic carbocycles. The van der Waals surface area contributed by atoms with E-state index in [1.807, 2.05) is 0 Å². The molecule has 0 saturated heterocycles. The first-order valence-corrected chi connectivity index (χ1v) is 14.1. The monoisotopic (exact) mass is 660 g/mol. The van der Waals surface area contributed by atoms with Crippen LogP contribution in [0.15, 0.2) is 53.4 Å². The number of hydrogen-bond donors (Lipinski definition) is 0. The van der Waals surface area contributed by atoms with Gasteiger partial charge < -0.3 is 4.74 Å². The molecule has 43 heavy (non-hydrogen) atoms. The summed E-state index contributed by atoms with van der Waals surface area (Å²) in [4.78, 5) is 0.169. The van der Waals surface area contributed by atoms with Crippen LogP contribution in [0.3, 0.4) is 0 Å². The smallest absolute Gasteiger partial charge is 0.460 e. The molecular formula is C28H29F13OS. The van der Waals surface area contributed by atoms with E-state index in [2.05, 4.69) is 6.92 Å². The molecule has 0 atom stereocenters. The molecule has 0 amide bonds. The Balaban J connectivity index is 1.97. The lowest BCUT2D eigenvalue weighted by Gasteiger charge is -2.39. The largest absolute Gasteiger partial charge is 0.494 e. The minimum atomic E-state index is -7.88. The van der Waals surface area contributed by atoms with Crippen LogP contribution in [0.5, 0.6) is 5.75 Å². The highest BCUT2D eigenvalue weighted by Crippen LogP contribution is 2.60. The molecule has 244 valence electrons. The summed E-state index contributed by atoms with van der Waals surface area (Å²) in [5.74, 6) is -37.1. The lowest BCUT2D eigenvalue weighted by atomic mass is 9.93. The van der Waals surface area contributed by atoms with E-state index in [4.69, 9.17) is 4.74 Å². The standard InChI is InChI=1S/C28H29F13OS/c1-2-3-4-5-6-7-17-42-21-12-8-19(9-13-21)20-10-14-22(15-11-20)43-18-16-23(29,30)24(31,32)25(33,34)26(35,36)27(37,38)28(39,40)41/h8-15H,2-7,16-18H2,1H3. The fourth-order valence-corrected chi connectivity index (χ4v) is 4.74. The maximum Gasteiger partial charge on any atom is 0.460 e. The van der Waals surface area contributed by atoms with Gasteiger partial charge in [0.15, 0.2) is 0 Å². The van der Waals surface area contributed by atoms with E-state index >= 15 is 0 Å². The number of thioether (sulfide) groups is 1. The highest BCUT2D eigenvalue weighted by Gasteiger charge is 2.90. The Kier molecular flexibility index (Phi) is 12.2. The first-order chi connectivity index (χ1) is 19.7. The summed E-state index contributed by atoms with van der Waals surface area (Å²) in [6.45, 7) is 2.69. The van der Waals surface area contributed by atoms with Crippen LogP contribution in [0.1, 0.15) is 51.9 Å². The van der Waals surface area contributed by atoms with Gasteiger partial charge in [0.05, 0.1) is 6.61 Å². The van der Waals surface area contributed by atoms with E-state index in [0.717, 1.165) is 31.2 Å². The van der Waals surface area contributed by atoms with Crippen molar-refractivity contribution in [3.05, 3.63) is 48.5 Å². The number of benzene rings is 2. The molecule has 0 radical (unpaired) electrons. The predicted molar refractivity (Wildman–Crippen MR) is 137 cm³/mol. The number of halogens is 13. The lowest BCUT2D eigenvalue weighted by Crippen LogP contribution is -2.70. The van der Waals surface area contributed by atoms with Crippen molar-refractivity contribution in [1.82, 2.24) is 0 Å². The van der Waals surface area contributed by atoms with E-state index in [1.54, 1.807) is 24.3 Å². The lowest BCUT2D eigenvalue weighted by molar-refractivity contribution is -0.439. The van der Waals surface area contributed by atoms with Gasteiger partial charge in [0, 0.05) is 17.1 Å². The minimum absolute atomic E-state index is 0.169. The molecule has 1 nitrogen and oxygen atoms in total. The molecule has 0 saturated carbocycles. The molecular weight excluding hydrogens is 631 g/mol. The van der Waals surface area contributed by atoms with Crippen molar-refractivity contribution >= 4 is 11.8 Å². The van der Waals surface area contributed by atoms with Gasteiger partial charge in [-0.05, 0) is 41.8 Å². The Morgan fingerprint density at radius 1 is 0.558 bits per heavy atom. The predicted octanol–water partition coefficient (Wildman–Crippen LogP) is 11.3. The Hall–Kier alpha value is -2.32. The van der Waals surface area contributed by atoms with E-state index in [1.165, 1.54) is 37.1 Å². The highest BCUT2D eigenvalue weighted by atomic mass is 32.2. The zero-order valence-corrected chi connectivity index (χ0v) is 23.5. The molecule has 15 heteroatoms. The van der Waals surface area contributed by atoms with Crippen molar-refractivity contribution in [1.29, 1.82) is 0 Å². The Bertz CT molecular complexity index is 1130. The SMILES string of the molecule is CCCCCCCCOc1ccc(-c2ccc(SCCC(F)(F)C(F)(F)C(F)(F)C(F)(F)C(F)(F)C(F)(F)F)cc2)cc1. The van der Waals surface area contributed by atoms with Crippen molar-refractivity contribution < 1.29 is 61.8 Å². The summed E-state index contributed by atoms with van der Waals surface area (Å²) in [5, 5.41) is 0. The molecule has 0 fully saturated rings. The quantitative estimate of drug-likeness (QED) is 0.0949. The number of alkyl halides is 13. The molecule has 0 aliphatic rings. The highest BCUT2D eigenvalue weighted by molar-refractivity contribution is 7.99. The molecule has 0 aromatic heterocycles. The van der Waals surface area contributed by atoms with Crippen LogP contribution in [-0.4, -0.2) is 48.1 Å². The van der Waals surface area contributed by atoms with Crippen molar-refractivity contribution in [2.24, 2.45) is 0 Å². The third-order valence-electron chi connectivity index (χ3n) is 6.49. The van der Waals surface area contributed by atoms with E-state index in [0.29, 0.717) is 29.7 Å². The van der Waals surface area contributed by atoms with Crippen LogP contribution >= 0.6 is 11.8 Å². The fraction of sp³-hybridized carbons (Fsp3) is 0.571. The number of hydrogen-bond acceptors (Lipinski definition) is 2. The second kappa shape index (κ2) is 14.2. The van der Waals surface area contributed by atoms with Gasteiger partial charge >= 0.3 is 35.8 Å². The molecule has 0 N–H and O–H groups in total. The van der Waals surface area contributed by atoms with Crippen LogP contribution in [-0.2, 0) is 0 Å². The summed E-state index contributed by atoms with van der Waals surface area (Å²) in [6.07, 6.45) is -3.00. The van der Waals surface area contributed by atoms with Gasteiger partial charge in [-0.3, -0.25) is 0 Å². The normalized spacial score (nSPS) is 13.8. The topological polar surface area (TPSA) is 9.23 Å². The Morgan fingerprint density at radius 2 is 1.02 bits per heavy atom. The van der Waals surface area contributed by atoms with Gasteiger partial charge in [-0.2, -0.15) is 57.1 Å². The molecule has 0 aliphatic heterocycles. The Morgan fingerprint density at radius 3 is 1.53 bits per heavy atom. The first kappa shape index (κ1) is 36.9. The molecule has 0 heterocycles. The average Bonchev–Trinajstić information content (AvgIpc) is 2.92. The average molecular weight is 661 g/mol. The summed E-state index contributed by atoms with van der Waals surface area (Å²) < 4.78 is 178. The van der Waals surface area contributed by atoms with E-state index in [-0.39, 0.29) is 4.90 Å². The summed E-state index contributed by atoms with van der Waals surface area (Å²) in [5.41, 5.74) is 1.38. The van der Waals surface area contributed by atoms with Gasteiger partial charge in [0.2, 0.25) is 0 Å². The second-order valence-corrected chi connectivity index (χ2v) is 10.9. The van der Waals surface area contributed by atoms with Crippen molar-refractivity contribution in [3.63, 3.8) is 0 Å². The minimum Gasteiger partial charge on any atom is -0.494 e. The van der Waals surface area contributed by atoms with Crippen LogP contribution in [0.2, 0.25) is 0 Å². The summed E-state index contributed by atoms with van der Waals surface area (Å²) in [7, 11) is 0. The third-order valence-corrected chi connectivity index (χ3v) is 7.51. The maximum atomic E-state index is 14.0. The number of ether oxygens (including phenoxy) is 1. The number of unbranched alkanes of at least 4 members (excludes halogenated alkanes) is 5. The molecule has 0 unspecified atom stereocenters. The van der Waals surface area contributed by atoms with Crippen molar-refractivity contribution in [2.75, 3.05) is 12.4 Å². The van der Waals surface area contributed by atoms with E-state index in [9.17, 15) is 57.1 Å². The van der Waals surface area contributed by atoms with Gasteiger partial charge in [-0.25, -0.2) is 0 Å². The molecule has 2 aromatic carbocycles. The summed E-state index contributed by atoms with van der Waals surface area (Å²) >= 11 is 0.421. The molecule has 0 spiro atoms. The van der Waals surface area contributed by atoms with Crippen LogP contribution < -0.4 is 4.74 Å². The molecule has 0 bridgehead atoms. The maximum absolute atomic E-state index is 14.0. The fourth-order valence-electron chi connectivity index (χ4n) is 3.82. The second-order valence-electron chi connectivity index (χ2n) is 9.76. The molecule has 2 aromatic rings. The van der Waals surface area contributed by atoms with Crippen molar-refractivity contribution in [3.8, 4) is 16.9 Å². The zero-order chi connectivity index (χ0) is 32.7. The van der Waals surface area contributed by atoms with Crippen LogP contribution in [0, 0.1) is 0 Å². The van der Waals surface area contributed by atoms with Gasteiger partial charge in [-0.1, -0.05) is 63.3 Å². The third kappa shape index (κ3) is 8.24. The van der Waals surface area contributed by atoms with Crippen LogP contribution in [0.4, 0.5) is 57.1 Å². The van der Waals surface area contributed by atoms with E-state index < -0.39 is 48.0 Å². The first-order valence-electron chi connectivity index (χ1n) is 13.1. The summed E-state index contributed by atoms with van der Waals surface area (Å²) in [6, 6.07) is 12.8. The number of rotatable bonds is 17. The van der Waals surface area contributed by atoms with Gasteiger partial charge in [0.1, 0.15) is 5.75 Å². The van der Waals surface area contributed by atoms with Crippen molar-refractivity contribution in [2.45, 2.75) is 92.6 Å². The Labute approximate surface area is 244 Å². The van der Waals surface area contributed by atoms with Gasteiger partial charge in [-0.15, -0.1) is 11.8 Å². The van der Waals surface area contributed by atoms with Crippen LogP contribution in [0.25, 0.3) is 11.1 Å². The zero-order valence-electron chi connectivity index (χ0n) is 22.7. The molecule has 2 rings (SSSR count). The van der Waals surface area contributed by atoms with Gasteiger partial charge in [0.25, 0.3) is 0 Å².